The van der Waals surface area contributed by atoms with Gasteiger partial charge in [-0.1, -0.05) is 67.6 Å². The van der Waals surface area contributed by atoms with Gasteiger partial charge >= 0.3 is 6.03 Å². The second kappa shape index (κ2) is 9.72. The molecular weight excluding hydrogens is 392 g/mol. The summed E-state index contributed by atoms with van der Waals surface area (Å²) in [6.07, 6.45) is 0.942. The lowest BCUT2D eigenvalue weighted by atomic mass is 10.1. The quantitative estimate of drug-likeness (QED) is 0.525. The SMILES string of the molecule is CCc1cccc(NC(=O)N2CCS[C@H]2c2ccccc2OCc2ccccc2)c1. The Labute approximate surface area is 182 Å². The van der Waals surface area contributed by atoms with Crippen molar-refractivity contribution in [1.29, 1.82) is 0 Å². The van der Waals surface area contributed by atoms with E-state index in [1.165, 1.54) is 5.56 Å². The molecule has 1 heterocycles. The summed E-state index contributed by atoms with van der Waals surface area (Å²) in [7, 11) is 0. The van der Waals surface area contributed by atoms with Crippen LogP contribution in [0.25, 0.3) is 0 Å². The maximum atomic E-state index is 13.0. The number of para-hydroxylation sites is 1. The number of urea groups is 1. The maximum absolute atomic E-state index is 13.0. The lowest BCUT2D eigenvalue weighted by molar-refractivity contribution is 0.213. The Morgan fingerprint density at radius 1 is 1.03 bits per heavy atom. The van der Waals surface area contributed by atoms with Crippen molar-refractivity contribution in [1.82, 2.24) is 4.90 Å². The van der Waals surface area contributed by atoms with Gasteiger partial charge in [0.05, 0.1) is 0 Å². The van der Waals surface area contributed by atoms with Gasteiger partial charge < -0.3 is 15.0 Å². The van der Waals surface area contributed by atoms with Crippen molar-refractivity contribution in [3.63, 3.8) is 0 Å². The number of nitrogens with one attached hydrogen (secondary N) is 1. The van der Waals surface area contributed by atoms with Gasteiger partial charge in [0.15, 0.2) is 0 Å². The molecule has 0 saturated carbocycles. The first-order chi connectivity index (χ1) is 14.7. The predicted octanol–water partition coefficient (Wildman–Crippen LogP) is 6.11. The average molecular weight is 419 g/mol. The minimum atomic E-state index is -0.0730. The summed E-state index contributed by atoms with van der Waals surface area (Å²) < 4.78 is 6.14. The van der Waals surface area contributed by atoms with Gasteiger partial charge in [-0.05, 0) is 35.7 Å². The molecule has 1 N–H and O–H groups in total. The third kappa shape index (κ3) is 4.79. The summed E-state index contributed by atoms with van der Waals surface area (Å²) in [5.41, 5.74) is 4.20. The van der Waals surface area contributed by atoms with Crippen LogP contribution in [-0.2, 0) is 13.0 Å². The highest BCUT2D eigenvalue weighted by atomic mass is 32.2. The summed E-state index contributed by atoms with van der Waals surface area (Å²) in [6.45, 7) is 3.33. The molecule has 1 aliphatic rings. The highest BCUT2D eigenvalue weighted by Crippen LogP contribution is 2.42. The van der Waals surface area contributed by atoms with E-state index < -0.39 is 0 Å². The fourth-order valence-corrected chi connectivity index (χ4v) is 4.83. The molecule has 4 nitrogen and oxygen atoms in total. The fourth-order valence-electron chi connectivity index (χ4n) is 3.55. The minimum absolute atomic E-state index is 0.0636. The number of amides is 2. The Bertz CT molecular complexity index is 993. The maximum Gasteiger partial charge on any atom is 0.323 e. The number of hydrogen-bond acceptors (Lipinski definition) is 3. The van der Waals surface area contributed by atoms with Crippen LogP contribution in [0, 0.1) is 0 Å². The van der Waals surface area contributed by atoms with Crippen LogP contribution >= 0.6 is 11.8 Å². The number of nitrogens with zero attached hydrogens (tertiary/aromatic N) is 1. The van der Waals surface area contributed by atoms with Gasteiger partial charge in [-0.2, -0.15) is 0 Å². The zero-order chi connectivity index (χ0) is 20.8. The zero-order valence-corrected chi connectivity index (χ0v) is 17.9. The fraction of sp³-hybridized carbons (Fsp3) is 0.240. The van der Waals surface area contributed by atoms with Crippen molar-refractivity contribution in [2.45, 2.75) is 25.3 Å². The molecule has 0 aromatic heterocycles. The third-order valence-corrected chi connectivity index (χ3v) is 6.40. The molecule has 1 atom stereocenters. The van der Waals surface area contributed by atoms with E-state index in [9.17, 15) is 4.79 Å². The average Bonchev–Trinajstić information content (AvgIpc) is 3.29. The number of hydrogen-bond donors (Lipinski definition) is 1. The molecule has 0 spiro atoms. The minimum Gasteiger partial charge on any atom is -0.489 e. The van der Waals surface area contributed by atoms with Gasteiger partial charge in [0, 0.05) is 23.5 Å². The molecule has 30 heavy (non-hydrogen) atoms. The molecule has 3 aromatic carbocycles. The highest BCUT2D eigenvalue weighted by Gasteiger charge is 2.32. The Hall–Kier alpha value is -2.92. The molecule has 154 valence electrons. The lowest BCUT2D eigenvalue weighted by Crippen LogP contribution is -2.34. The Morgan fingerprint density at radius 2 is 1.80 bits per heavy atom. The first-order valence-electron chi connectivity index (χ1n) is 10.3. The van der Waals surface area contributed by atoms with E-state index in [1.54, 1.807) is 11.8 Å². The van der Waals surface area contributed by atoms with E-state index in [0.29, 0.717) is 13.2 Å². The van der Waals surface area contributed by atoms with Crippen LogP contribution in [0.4, 0.5) is 10.5 Å². The van der Waals surface area contributed by atoms with Crippen LogP contribution in [0.5, 0.6) is 5.75 Å². The highest BCUT2D eigenvalue weighted by molar-refractivity contribution is 7.99. The van der Waals surface area contributed by atoms with Crippen molar-refractivity contribution < 1.29 is 9.53 Å². The van der Waals surface area contributed by atoms with Crippen molar-refractivity contribution >= 4 is 23.5 Å². The summed E-state index contributed by atoms with van der Waals surface area (Å²) in [5.74, 6) is 1.73. The largest absolute Gasteiger partial charge is 0.489 e. The van der Waals surface area contributed by atoms with E-state index in [2.05, 4.69) is 36.5 Å². The Morgan fingerprint density at radius 3 is 2.63 bits per heavy atom. The molecule has 1 aliphatic heterocycles. The lowest BCUT2D eigenvalue weighted by Gasteiger charge is -2.26. The summed E-state index contributed by atoms with van der Waals surface area (Å²) >= 11 is 1.77. The summed E-state index contributed by atoms with van der Waals surface area (Å²) in [4.78, 5) is 14.9. The van der Waals surface area contributed by atoms with Crippen molar-refractivity contribution in [2.24, 2.45) is 0 Å². The van der Waals surface area contributed by atoms with E-state index in [0.717, 1.165) is 34.7 Å². The number of carbonyl (C=O) groups is 1. The van der Waals surface area contributed by atoms with Crippen LogP contribution < -0.4 is 10.1 Å². The molecule has 0 radical (unpaired) electrons. The number of rotatable bonds is 6. The standard InChI is InChI=1S/C25H26N2O2S/c1-2-19-11-8-12-21(17-19)26-25(28)27-15-16-30-24(27)22-13-6-7-14-23(22)29-18-20-9-4-3-5-10-20/h3-14,17,24H,2,15-16,18H2,1H3,(H,26,28)/t24-/m0/s1. The second-order valence-corrected chi connectivity index (χ2v) is 8.40. The van der Waals surface area contributed by atoms with E-state index in [-0.39, 0.29) is 11.4 Å². The molecule has 5 heteroatoms. The van der Waals surface area contributed by atoms with Crippen molar-refractivity contribution in [3.8, 4) is 5.75 Å². The zero-order valence-electron chi connectivity index (χ0n) is 17.1. The van der Waals surface area contributed by atoms with Gasteiger partial charge in [0.1, 0.15) is 17.7 Å². The van der Waals surface area contributed by atoms with Crippen LogP contribution in [0.3, 0.4) is 0 Å². The first kappa shape index (κ1) is 20.4. The van der Waals surface area contributed by atoms with E-state index >= 15 is 0 Å². The number of aryl methyl sites for hydroxylation is 1. The second-order valence-electron chi connectivity index (χ2n) is 7.21. The van der Waals surface area contributed by atoms with E-state index in [1.807, 2.05) is 59.5 Å². The van der Waals surface area contributed by atoms with Crippen molar-refractivity contribution in [3.05, 3.63) is 95.6 Å². The molecule has 2 amide bonds. The predicted molar refractivity (Wildman–Crippen MR) is 124 cm³/mol. The molecule has 0 unspecified atom stereocenters. The number of benzene rings is 3. The summed E-state index contributed by atoms with van der Waals surface area (Å²) in [5, 5.41) is 3.00. The molecule has 1 saturated heterocycles. The van der Waals surface area contributed by atoms with Gasteiger partial charge in [-0.25, -0.2) is 4.79 Å². The van der Waals surface area contributed by atoms with Crippen LogP contribution in [0.2, 0.25) is 0 Å². The normalized spacial score (nSPS) is 15.8. The Balaban J connectivity index is 1.49. The molecule has 1 fully saturated rings. The van der Waals surface area contributed by atoms with E-state index in [4.69, 9.17) is 4.74 Å². The molecule has 4 rings (SSSR count). The molecular formula is C25H26N2O2S. The summed E-state index contributed by atoms with van der Waals surface area (Å²) in [6, 6.07) is 26.1. The van der Waals surface area contributed by atoms with Gasteiger partial charge in [0.2, 0.25) is 0 Å². The first-order valence-corrected chi connectivity index (χ1v) is 11.3. The number of carbonyl (C=O) groups excluding carboxylic acids is 1. The van der Waals surface area contributed by atoms with Crippen LogP contribution in [0.1, 0.15) is 29.0 Å². The topological polar surface area (TPSA) is 41.6 Å². The van der Waals surface area contributed by atoms with Gasteiger partial charge in [-0.3, -0.25) is 0 Å². The third-order valence-electron chi connectivity index (χ3n) is 5.16. The molecule has 0 bridgehead atoms. The number of thioether (sulfide) groups is 1. The van der Waals surface area contributed by atoms with Gasteiger partial charge in [-0.15, -0.1) is 11.8 Å². The molecule has 3 aromatic rings. The molecule has 0 aliphatic carbocycles. The number of ether oxygens (including phenoxy) is 1. The Kier molecular flexibility index (Phi) is 6.60. The monoisotopic (exact) mass is 418 g/mol. The van der Waals surface area contributed by atoms with Crippen molar-refractivity contribution in [2.75, 3.05) is 17.6 Å². The van der Waals surface area contributed by atoms with Gasteiger partial charge in [0.25, 0.3) is 0 Å². The van der Waals surface area contributed by atoms with Crippen LogP contribution in [0.15, 0.2) is 78.9 Å². The van der Waals surface area contributed by atoms with Crippen LogP contribution in [-0.4, -0.2) is 23.2 Å². The number of anilines is 1. The smallest absolute Gasteiger partial charge is 0.323 e.